The molecule has 0 aromatic heterocycles. The van der Waals surface area contributed by atoms with Crippen LogP contribution in [0.2, 0.25) is 5.02 Å². The summed E-state index contributed by atoms with van der Waals surface area (Å²) >= 11 is 6.02. The first kappa shape index (κ1) is 15.3. The van der Waals surface area contributed by atoms with Gasteiger partial charge in [0.05, 0.1) is 17.7 Å². The molecule has 0 spiro atoms. The molecule has 0 radical (unpaired) electrons. The zero-order chi connectivity index (χ0) is 15.4. The molecule has 2 aromatic carbocycles. The predicted molar refractivity (Wildman–Crippen MR) is 79.0 cm³/mol. The van der Waals surface area contributed by atoms with Crippen molar-refractivity contribution in [2.24, 2.45) is 0 Å². The van der Waals surface area contributed by atoms with Crippen molar-refractivity contribution in [3.05, 3.63) is 58.4 Å². The number of halogens is 2. The Labute approximate surface area is 127 Å². The SMILES string of the molecule is COc1ccc(F)cc1C(=O)COc1ccc(C)cc1Cl. The minimum Gasteiger partial charge on any atom is -0.496 e. The molecule has 5 heteroatoms. The molecule has 21 heavy (non-hydrogen) atoms. The minimum absolute atomic E-state index is 0.140. The second-order valence-electron chi connectivity index (χ2n) is 4.49. The van der Waals surface area contributed by atoms with Crippen LogP contribution in [-0.4, -0.2) is 19.5 Å². The second-order valence-corrected chi connectivity index (χ2v) is 4.90. The molecule has 0 aliphatic carbocycles. The Morgan fingerprint density at radius 1 is 1.19 bits per heavy atom. The summed E-state index contributed by atoms with van der Waals surface area (Å²) in [6, 6.07) is 9.02. The maximum absolute atomic E-state index is 13.2. The molecular weight excluding hydrogens is 295 g/mol. The Hall–Kier alpha value is -2.07. The van der Waals surface area contributed by atoms with E-state index in [0.717, 1.165) is 11.6 Å². The standard InChI is InChI=1S/C16H14ClFO3/c1-10-3-5-16(13(17)7-10)21-9-14(19)12-8-11(18)4-6-15(12)20-2/h3-8H,9H2,1-2H3. The van der Waals surface area contributed by atoms with Gasteiger partial charge in [-0.15, -0.1) is 0 Å². The van der Waals surface area contributed by atoms with Crippen molar-refractivity contribution < 1.29 is 18.7 Å². The molecule has 110 valence electrons. The van der Waals surface area contributed by atoms with Crippen LogP contribution in [0.5, 0.6) is 11.5 Å². The third kappa shape index (κ3) is 3.73. The van der Waals surface area contributed by atoms with Crippen LogP contribution in [0, 0.1) is 12.7 Å². The van der Waals surface area contributed by atoms with Crippen LogP contribution >= 0.6 is 11.6 Å². The van der Waals surface area contributed by atoms with Crippen LogP contribution in [0.3, 0.4) is 0 Å². The topological polar surface area (TPSA) is 35.5 Å². The monoisotopic (exact) mass is 308 g/mol. The van der Waals surface area contributed by atoms with Gasteiger partial charge in [0, 0.05) is 0 Å². The zero-order valence-electron chi connectivity index (χ0n) is 11.7. The van der Waals surface area contributed by atoms with E-state index in [1.54, 1.807) is 12.1 Å². The number of benzene rings is 2. The Balaban J connectivity index is 2.13. The zero-order valence-corrected chi connectivity index (χ0v) is 12.4. The molecule has 0 aliphatic heterocycles. The lowest BCUT2D eigenvalue weighted by atomic mass is 10.1. The molecular formula is C16H14ClFO3. The average molecular weight is 309 g/mol. The summed E-state index contributed by atoms with van der Waals surface area (Å²) in [5.41, 5.74) is 1.13. The summed E-state index contributed by atoms with van der Waals surface area (Å²) in [6.07, 6.45) is 0. The predicted octanol–water partition coefficient (Wildman–Crippen LogP) is 4.06. The molecule has 0 fully saturated rings. The number of methoxy groups -OCH3 is 1. The number of ether oxygens (including phenoxy) is 2. The van der Waals surface area contributed by atoms with Crippen molar-refractivity contribution in [3.63, 3.8) is 0 Å². The van der Waals surface area contributed by atoms with Crippen LogP contribution in [-0.2, 0) is 0 Å². The van der Waals surface area contributed by atoms with Gasteiger partial charge in [0.2, 0.25) is 5.78 Å². The third-order valence-corrected chi connectivity index (χ3v) is 3.20. The normalized spacial score (nSPS) is 10.3. The van der Waals surface area contributed by atoms with E-state index < -0.39 is 5.82 Å². The van der Waals surface area contributed by atoms with Crippen molar-refractivity contribution >= 4 is 17.4 Å². The van der Waals surface area contributed by atoms with E-state index in [1.165, 1.54) is 19.2 Å². The van der Waals surface area contributed by atoms with E-state index in [9.17, 15) is 9.18 Å². The van der Waals surface area contributed by atoms with Crippen LogP contribution in [0.1, 0.15) is 15.9 Å². The van der Waals surface area contributed by atoms with E-state index in [0.29, 0.717) is 16.5 Å². The van der Waals surface area contributed by atoms with Gasteiger partial charge in [-0.25, -0.2) is 4.39 Å². The van der Waals surface area contributed by atoms with Gasteiger partial charge in [-0.1, -0.05) is 17.7 Å². The van der Waals surface area contributed by atoms with Gasteiger partial charge < -0.3 is 9.47 Å². The van der Waals surface area contributed by atoms with E-state index in [-0.39, 0.29) is 18.0 Å². The van der Waals surface area contributed by atoms with E-state index in [2.05, 4.69) is 0 Å². The van der Waals surface area contributed by atoms with Gasteiger partial charge >= 0.3 is 0 Å². The highest BCUT2D eigenvalue weighted by Crippen LogP contribution is 2.26. The fourth-order valence-corrected chi connectivity index (χ4v) is 2.13. The van der Waals surface area contributed by atoms with E-state index in [4.69, 9.17) is 21.1 Å². The lowest BCUT2D eigenvalue weighted by Gasteiger charge is -2.10. The smallest absolute Gasteiger partial charge is 0.204 e. The lowest BCUT2D eigenvalue weighted by Crippen LogP contribution is -2.13. The molecule has 0 atom stereocenters. The second kappa shape index (κ2) is 6.59. The molecule has 0 unspecified atom stereocenters. The summed E-state index contributed by atoms with van der Waals surface area (Å²) in [7, 11) is 1.42. The summed E-state index contributed by atoms with van der Waals surface area (Å²) in [6.45, 7) is 1.65. The molecule has 0 N–H and O–H groups in total. The average Bonchev–Trinajstić information content (AvgIpc) is 2.46. The van der Waals surface area contributed by atoms with Gasteiger partial charge in [0.1, 0.15) is 17.3 Å². The van der Waals surface area contributed by atoms with E-state index >= 15 is 0 Å². The number of carbonyl (C=O) groups excluding carboxylic acids is 1. The number of hydrogen-bond acceptors (Lipinski definition) is 3. The molecule has 2 rings (SSSR count). The van der Waals surface area contributed by atoms with Crippen molar-refractivity contribution in [2.45, 2.75) is 6.92 Å². The highest BCUT2D eigenvalue weighted by atomic mass is 35.5. The first-order chi connectivity index (χ1) is 10.0. The van der Waals surface area contributed by atoms with Crippen LogP contribution in [0.15, 0.2) is 36.4 Å². The molecule has 0 saturated carbocycles. The molecule has 0 aliphatic rings. The van der Waals surface area contributed by atoms with Gasteiger partial charge in [-0.05, 0) is 42.8 Å². The van der Waals surface area contributed by atoms with E-state index in [1.807, 2.05) is 13.0 Å². The Bertz CT molecular complexity index is 671. The first-order valence-corrected chi connectivity index (χ1v) is 6.64. The van der Waals surface area contributed by atoms with Gasteiger partial charge in [-0.2, -0.15) is 0 Å². The number of Topliss-reactive ketones (excluding diaryl/α,β-unsaturated/α-hetero) is 1. The summed E-state index contributed by atoms with van der Waals surface area (Å²) in [5, 5.41) is 0.425. The fourth-order valence-electron chi connectivity index (χ4n) is 1.84. The van der Waals surface area contributed by atoms with Crippen molar-refractivity contribution in [3.8, 4) is 11.5 Å². The maximum atomic E-state index is 13.2. The summed E-state index contributed by atoms with van der Waals surface area (Å²) in [4.78, 5) is 12.1. The molecule has 3 nitrogen and oxygen atoms in total. The number of rotatable bonds is 5. The lowest BCUT2D eigenvalue weighted by molar-refractivity contribution is 0.0918. The number of aryl methyl sites for hydroxylation is 1. The van der Waals surface area contributed by atoms with Crippen molar-refractivity contribution in [1.29, 1.82) is 0 Å². The largest absolute Gasteiger partial charge is 0.496 e. The van der Waals surface area contributed by atoms with Crippen LogP contribution in [0.4, 0.5) is 4.39 Å². The fraction of sp³-hybridized carbons (Fsp3) is 0.188. The molecule has 0 heterocycles. The van der Waals surface area contributed by atoms with Crippen LogP contribution in [0.25, 0.3) is 0 Å². The van der Waals surface area contributed by atoms with Gasteiger partial charge in [0.15, 0.2) is 6.61 Å². The maximum Gasteiger partial charge on any atom is 0.204 e. The van der Waals surface area contributed by atoms with Crippen LogP contribution < -0.4 is 9.47 Å². The summed E-state index contributed by atoms with van der Waals surface area (Å²) < 4.78 is 23.7. The van der Waals surface area contributed by atoms with Crippen molar-refractivity contribution in [2.75, 3.05) is 13.7 Å². The quantitative estimate of drug-likeness (QED) is 0.781. The third-order valence-electron chi connectivity index (χ3n) is 2.91. The Kier molecular flexibility index (Phi) is 4.81. The van der Waals surface area contributed by atoms with Gasteiger partial charge in [-0.3, -0.25) is 4.79 Å². The molecule has 2 aromatic rings. The summed E-state index contributed by atoms with van der Waals surface area (Å²) in [5.74, 6) is -0.179. The number of hydrogen-bond donors (Lipinski definition) is 0. The molecule has 0 saturated heterocycles. The highest BCUT2D eigenvalue weighted by Gasteiger charge is 2.15. The first-order valence-electron chi connectivity index (χ1n) is 6.27. The van der Waals surface area contributed by atoms with Crippen molar-refractivity contribution in [1.82, 2.24) is 0 Å². The highest BCUT2D eigenvalue weighted by molar-refractivity contribution is 6.32. The Morgan fingerprint density at radius 3 is 2.57 bits per heavy atom. The number of ketones is 1. The van der Waals surface area contributed by atoms with Gasteiger partial charge in [0.25, 0.3) is 0 Å². The Morgan fingerprint density at radius 2 is 1.90 bits per heavy atom. The molecule has 0 bridgehead atoms. The minimum atomic E-state index is -0.507. The molecule has 0 amide bonds. The number of carbonyl (C=O) groups is 1.